The average Bonchev–Trinajstić information content (AvgIpc) is 2.15. The predicted molar refractivity (Wildman–Crippen MR) is 45.5 cm³/mol. The van der Waals surface area contributed by atoms with Crippen LogP contribution < -0.4 is 0 Å². The molecule has 1 aromatic heterocycles. The van der Waals surface area contributed by atoms with Gasteiger partial charge in [-0.3, -0.25) is 0 Å². The topological polar surface area (TPSA) is 39.2 Å². The highest BCUT2D eigenvalue weighted by Gasteiger charge is 2.15. The Bertz CT molecular complexity index is 357. The van der Waals surface area contributed by atoms with Crippen LogP contribution in [0.5, 0.6) is 0 Å². The van der Waals surface area contributed by atoms with Gasteiger partial charge in [-0.1, -0.05) is 11.6 Å². The van der Waals surface area contributed by atoms with Gasteiger partial charge in [-0.2, -0.15) is 0 Å². The van der Waals surface area contributed by atoms with E-state index in [0.717, 1.165) is 12.3 Å². The first-order valence-electron chi connectivity index (χ1n) is 3.58. The van der Waals surface area contributed by atoms with E-state index in [1.807, 2.05) is 0 Å². The number of esters is 1. The molecule has 1 rings (SSSR count). The average molecular weight is 222 g/mol. The minimum absolute atomic E-state index is 0.0955. The molecular weight excluding hydrogens is 216 g/mol. The van der Waals surface area contributed by atoms with Crippen LogP contribution in [0.4, 0.5) is 8.78 Å². The van der Waals surface area contributed by atoms with Gasteiger partial charge >= 0.3 is 5.97 Å². The lowest BCUT2D eigenvalue weighted by molar-refractivity contribution is 0.0593. The van der Waals surface area contributed by atoms with E-state index in [4.69, 9.17) is 11.6 Å². The normalized spacial score (nSPS) is 10.4. The molecule has 0 aliphatic carbocycles. The summed E-state index contributed by atoms with van der Waals surface area (Å²) in [6.45, 7) is 0. The first kappa shape index (κ1) is 10.8. The first-order chi connectivity index (χ1) is 6.56. The molecule has 0 saturated heterocycles. The molecule has 0 bridgehead atoms. The van der Waals surface area contributed by atoms with Gasteiger partial charge in [-0.25, -0.2) is 18.6 Å². The van der Waals surface area contributed by atoms with Crippen LogP contribution in [0.25, 0.3) is 0 Å². The largest absolute Gasteiger partial charge is 0.464 e. The number of ether oxygens (including phenoxy) is 1. The highest BCUT2D eigenvalue weighted by molar-refractivity contribution is 6.31. The highest BCUT2D eigenvalue weighted by atomic mass is 35.5. The molecule has 76 valence electrons. The highest BCUT2D eigenvalue weighted by Crippen LogP contribution is 2.26. The Morgan fingerprint density at radius 2 is 2.29 bits per heavy atom. The standard InChI is InChI=1S/C8H6ClF2NO2/c1-14-8(13)6-2-5(9)4(3-12-6)7(10)11/h2-3,7H,1H3. The third kappa shape index (κ3) is 2.17. The smallest absolute Gasteiger partial charge is 0.356 e. The van der Waals surface area contributed by atoms with Crippen LogP contribution in [0.15, 0.2) is 12.3 Å². The van der Waals surface area contributed by atoms with Crippen LogP contribution in [-0.2, 0) is 4.74 Å². The molecule has 0 aromatic carbocycles. The summed E-state index contributed by atoms with van der Waals surface area (Å²) in [7, 11) is 1.17. The van der Waals surface area contributed by atoms with Crippen LogP contribution in [0.2, 0.25) is 5.02 Å². The third-order valence-electron chi connectivity index (χ3n) is 1.51. The van der Waals surface area contributed by atoms with Crippen LogP contribution in [-0.4, -0.2) is 18.1 Å². The number of hydrogen-bond donors (Lipinski definition) is 0. The van der Waals surface area contributed by atoms with Crippen LogP contribution in [0.1, 0.15) is 22.5 Å². The van der Waals surface area contributed by atoms with Gasteiger partial charge in [0, 0.05) is 6.20 Å². The van der Waals surface area contributed by atoms with Gasteiger partial charge in [0.2, 0.25) is 0 Å². The van der Waals surface area contributed by atoms with Gasteiger partial charge < -0.3 is 4.74 Å². The van der Waals surface area contributed by atoms with Crippen molar-refractivity contribution < 1.29 is 18.3 Å². The van der Waals surface area contributed by atoms with Crippen molar-refractivity contribution in [3.8, 4) is 0 Å². The molecule has 0 saturated carbocycles. The molecule has 0 atom stereocenters. The van der Waals surface area contributed by atoms with E-state index < -0.39 is 18.0 Å². The van der Waals surface area contributed by atoms with Crippen molar-refractivity contribution in [2.45, 2.75) is 6.43 Å². The van der Waals surface area contributed by atoms with E-state index in [-0.39, 0.29) is 10.7 Å². The second-order valence-electron chi connectivity index (χ2n) is 2.38. The van der Waals surface area contributed by atoms with Crippen molar-refractivity contribution >= 4 is 17.6 Å². The Labute approximate surface area is 83.7 Å². The fourth-order valence-electron chi connectivity index (χ4n) is 0.818. The quantitative estimate of drug-likeness (QED) is 0.720. The zero-order chi connectivity index (χ0) is 10.7. The van der Waals surface area contributed by atoms with E-state index in [2.05, 4.69) is 9.72 Å². The molecular formula is C8H6ClF2NO2. The molecule has 0 aliphatic rings. The fourth-order valence-corrected chi connectivity index (χ4v) is 1.05. The number of pyridine rings is 1. The second-order valence-corrected chi connectivity index (χ2v) is 2.79. The zero-order valence-corrected chi connectivity index (χ0v) is 7.89. The van der Waals surface area contributed by atoms with Crippen molar-refractivity contribution in [1.29, 1.82) is 0 Å². The van der Waals surface area contributed by atoms with Crippen molar-refractivity contribution in [2.75, 3.05) is 7.11 Å². The number of hydrogen-bond acceptors (Lipinski definition) is 3. The number of carbonyl (C=O) groups excluding carboxylic acids is 1. The molecule has 0 fully saturated rings. The molecule has 1 aromatic rings. The molecule has 0 radical (unpaired) electrons. The molecule has 0 spiro atoms. The van der Waals surface area contributed by atoms with Crippen LogP contribution in [0.3, 0.4) is 0 Å². The molecule has 0 amide bonds. The molecule has 0 N–H and O–H groups in total. The van der Waals surface area contributed by atoms with E-state index in [0.29, 0.717) is 0 Å². The summed E-state index contributed by atoms with van der Waals surface area (Å²) in [6, 6.07) is 1.05. The van der Waals surface area contributed by atoms with Crippen molar-refractivity contribution in [3.63, 3.8) is 0 Å². The number of aromatic nitrogens is 1. The predicted octanol–water partition coefficient (Wildman–Crippen LogP) is 2.46. The Morgan fingerprint density at radius 3 is 2.71 bits per heavy atom. The van der Waals surface area contributed by atoms with E-state index >= 15 is 0 Å². The molecule has 6 heteroatoms. The summed E-state index contributed by atoms with van der Waals surface area (Å²) < 4.78 is 28.7. The van der Waals surface area contributed by atoms with E-state index in [9.17, 15) is 13.6 Å². The van der Waals surface area contributed by atoms with Gasteiger partial charge in [0.05, 0.1) is 17.7 Å². The van der Waals surface area contributed by atoms with Crippen LogP contribution in [0, 0.1) is 0 Å². The first-order valence-corrected chi connectivity index (χ1v) is 3.96. The number of halogens is 3. The molecule has 0 aliphatic heterocycles. The lowest BCUT2D eigenvalue weighted by Crippen LogP contribution is -2.04. The Hall–Kier alpha value is -1.23. The molecule has 14 heavy (non-hydrogen) atoms. The van der Waals surface area contributed by atoms with E-state index in [1.165, 1.54) is 7.11 Å². The Balaban J connectivity index is 3.06. The van der Waals surface area contributed by atoms with Gasteiger partial charge in [0.25, 0.3) is 6.43 Å². The summed E-state index contributed by atoms with van der Waals surface area (Å²) >= 11 is 5.50. The van der Waals surface area contributed by atoms with E-state index in [1.54, 1.807) is 0 Å². The molecule has 3 nitrogen and oxygen atoms in total. The number of alkyl halides is 2. The molecule has 1 heterocycles. The number of carbonyl (C=O) groups is 1. The van der Waals surface area contributed by atoms with Gasteiger partial charge in [-0.15, -0.1) is 0 Å². The minimum atomic E-state index is -2.71. The third-order valence-corrected chi connectivity index (χ3v) is 1.84. The maximum absolute atomic E-state index is 12.2. The summed E-state index contributed by atoms with van der Waals surface area (Å²) in [5, 5.41) is -0.199. The second kappa shape index (κ2) is 4.32. The fraction of sp³-hybridized carbons (Fsp3) is 0.250. The maximum atomic E-state index is 12.2. The summed E-state index contributed by atoms with van der Waals surface area (Å²) in [5.41, 5.74) is -0.499. The van der Waals surface area contributed by atoms with Gasteiger partial charge in [0.15, 0.2) is 0 Å². The van der Waals surface area contributed by atoms with Gasteiger partial charge in [-0.05, 0) is 6.07 Å². The Morgan fingerprint density at radius 1 is 1.64 bits per heavy atom. The van der Waals surface area contributed by atoms with Crippen molar-refractivity contribution in [1.82, 2.24) is 4.98 Å². The van der Waals surface area contributed by atoms with Gasteiger partial charge in [0.1, 0.15) is 5.69 Å². The lowest BCUT2D eigenvalue weighted by atomic mass is 10.2. The number of methoxy groups -OCH3 is 1. The number of nitrogens with zero attached hydrogens (tertiary/aromatic N) is 1. The SMILES string of the molecule is COC(=O)c1cc(Cl)c(C(F)F)cn1. The summed E-state index contributed by atoms with van der Waals surface area (Å²) in [5.74, 6) is -0.715. The number of rotatable bonds is 2. The van der Waals surface area contributed by atoms with Crippen molar-refractivity contribution in [3.05, 3.63) is 28.5 Å². The summed E-state index contributed by atoms with van der Waals surface area (Å²) in [4.78, 5) is 14.4. The zero-order valence-electron chi connectivity index (χ0n) is 7.13. The monoisotopic (exact) mass is 221 g/mol. The van der Waals surface area contributed by atoms with Crippen molar-refractivity contribution in [2.24, 2.45) is 0 Å². The minimum Gasteiger partial charge on any atom is -0.464 e. The van der Waals surface area contributed by atoms with Crippen LogP contribution >= 0.6 is 11.6 Å². The Kier molecular flexibility index (Phi) is 3.35. The lowest BCUT2D eigenvalue weighted by Gasteiger charge is -2.03. The summed E-state index contributed by atoms with van der Waals surface area (Å²) in [6.07, 6.45) is -1.85. The maximum Gasteiger partial charge on any atom is 0.356 e. The molecule has 0 unspecified atom stereocenters.